The van der Waals surface area contributed by atoms with E-state index >= 15 is 0 Å². The van der Waals surface area contributed by atoms with Gasteiger partial charge in [-0.1, -0.05) is 15.9 Å². The van der Waals surface area contributed by atoms with Crippen LogP contribution in [0.15, 0.2) is 34.8 Å². The van der Waals surface area contributed by atoms with Crippen LogP contribution in [0.25, 0.3) is 5.69 Å². The van der Waals surface area contributed by atoms with Gasteiger partial charge in [-0.3, -0.25) is 4.79 Å². The minimum atomic E-state index is -0.0417. The number of halogens is 1. The van der Waals surface area contributed by atoms with Gasteiger partial charge in [-0.25, -0.2) is 0 Å². The molecule has 6 heteroatoms. The third-order valence-corrected chi connectivity index (χ3v) is 4.36. The van der Waals surface area contributed by atoms with E-state index < -0.39 is 0 Å². The molecule has 0 saturated carbocycles. The Kier molecular flexibility index (Phi) is 7.02. The second kappa shape index (κ2) is 9.01. The number of nitrogens with one attached hydrogen (secondary N) is 2. The summed E-state index contributed by atoms with van der Waals surface area (Å²) >= 11 is 3.45. The number of aryl methyl sites for hydroxylation is 1. The summed E-state index contributed by atoms with van der Waals surface area (Å²) in [5, 5.41) is 6.16. The maximum absolute atomic E-state index is 12.4. The van der Waals surface area contributed by atoms with Crippen molar-refractivity contribution < 1.29 is 9.53 Å². The smallest absolute Gasteiger partial charge is 0.253 e. The van der Waals surface area contributed by atoms with Crippen LogP contribution in [0, 0.1) is 13.8 Å². The number of ether oxygens (including phenoxy) is 1. The molecule has 0 aliphatic rings. The van der Waals surface area contributed by atoms with E-state index in [2.05, 4.69) is 31.1 Å². The Morgan fingerprint density at radius 2 is 1.88 bits per heavy atom. The SMILES string of the molecule is COCCNCCNC(=O)c1cc(C)n(-c2ccc(Br)cc2)c1C. The van der Waals surface area contributed by atoms with Crippen LogP contribution >= 0.6 is 15.9 Å². The highest BCUT2D eigenvalue weighted by Crippen LogP contribution is 2.22. The Balaban J connectivity index is 2.02. The molecule has 0 fully saturated rings. The van der Waals surface area contributed by atoms with Gasteiger partial charge in [0.1, 0.15) is 0 Å². The number of benzene rings is 1. The largest absolute Gasteiger partial charge is 0.383 e. The summed E-state index contributed by atoms with van der Waals surface area (Å²) in [6, 6.07) is 10.0. The molecule has 1 aromatic carbocycles. The van der Waals surface area contributed by atoms with Crippen LogP contribution in [-0.2, 0) is 4.74 Å². The molecule has 0 aliphatic heterocycles. The number of methoxy groups -OCH3 is 1. The van der Waals surface area contributed by atoms with Gasteiger partial charge < -0.3 is 19.9 Å². The molecule has 0 atom stereocenters. The van der Waals surface area contributed by atoms with Gasteiger partial charge in [0.25, 0.3) is 5.91 Å². The maximum atomic E-state index is 12.4. The second-order valence-corrected chi connectivity index (χ2v) is 6.51. The summed E-state index contributed by atoms with van der Waals surface area (Å²) in [6.07, 6.45) is 0. The lowest BCUT2D eigenvalue weighted by atomic mass is 10.2. The van der Waals surface area contributed by atoms with E-state index in [0.29, 0.717) is 18.7 Å². The fourth-order valence-electron chi connectivity index (χ4n) is 2.64. The molecular formula is C18H24BrN3O2. The van der Waals surface area contributed by atoms with E-state index in [1.165, 1.54) is 0 Å². The standard InChI is InChI=1S/C18H24BrN3O2/c1-13-12-17(18(23)21-9-8-20-10-11-24-3)14(2)22(13)16-6-4-15(19)5-7-16/h4-7,12,20H,8-11H2,1-3H3,(H,21,23). The molecule has 1 heterocycles. The lowest BCUT2D eigenvalue weighted by Gasteiger charge is -2.10. The first-order valence-electron chi connectivity index (χ1n) is 7.97. The summed E-state index contributed by atoms with van der Waals surface area (Å²) in [5.41, 5.74) is 3.75. The Morgan fingerprint density at radius 3 is 2.54 bits per heavy atom. The van der Waals surface area contributed by atoms with Crippen LogP contribution in [0.5, 0.6) is 0 Å². The highest BCUT2D eigenvalue weighted by molar-refractivity contribution is 9.10. The van der Waals surface area contributed by atoms with Crippen molar-refractivity contribution in [2.24, 2.45) is 0 Å². The first-order chi connectivity index (χ1) is 11.5. The zero-order valence-electron chi connectivity index (χ0n) is 14.4. The topological polar surface area (TPSA) is 55.3 Å². The van der Waals surface area contributed by atoms with E-state index in [0.717, 1.165) is 34.6 Å². The third-order valence-electron chi connectivity index (χ3n) is 3.83. The molecular weight excluding hydrogens is 370 g/mol. The van der Waals surface area contributed by atoms with Crippen molar-refractivity contribution in [1.29, 1.82) is 0 Å². The number of carbonyl (C=O) groups excluding carboxylic acids is 1. The van der Waals surface area contributed by atoms with E-state index in [1.807, 2.05) is 44.2 Å². The van der Waals surface area contributed by atoms with Gasteiger partial charge in [-0.2, -0.15) is 0 Å². The summed E-state index contributed by atoms with van der Waals surface area (Å²) in [4.78, 5) is 12.4. The molecule has 0 radical (unpaired) electrons. The maximum Gasteiger partial charge on any atom is 0.253 e. The third kappa shape index (κ3) is 4.69. The zero-order chi connectivity index (χ0) is 17.5. The Hall–Kier alpha value is -1.63. The number of hydrogen-bond acceptors (Lipinski definition) is 3. The summed E-state index contributed by atoms with van der Waals surface area (Å²) in [5.74, 6) is -0.0417. The number of aromatic nitrogens is 1. The van der Waals surface area contributed by atoms with Gasteiger partial charge in [-0.05, 0) is 44.2 Å². The predicted octanol–water partition coefficient (Wildman–Crippen LogP) is 2.82. The van der Waals surface area contributed by atoms with Crippen LogP contribution in [0.1, 0.15) is 21.7 Å². The molecule has 2 N–H and O–H groups in total. The van der Waals surface area contributed by atoms with E-state index in [-0.39, 0.29) is 5.91 Å². The monoisotopic (exact) mass is 393 g/mol. The average Bonchev–Trinajstić information content (AvgIpc) is 2.86. The number of nitrogens with zero attached hydrogens (tertiary/aromatic N) is 1. The predicted molar refractivity (Wildman–Crippen MR) is 100 cm³/mol. The highest BCUT2D eigenvalue weighted by atomic mass is 79.9. The first-order valence-corrected chi connectivity index (χ1v) is 8.76. The number of carbonyl (C=O) groups is 1. The number of rotatable bonds is 8. The molecule has 0 aliphatic carbocycles. The van der Waals surface area contributed by atoms with Crippen LogP contribution in [0.2, 0.25) is 0 Å². The zero-order valence-corrected chi connectivity index (χ0v) is 15.9. The Labute approximate surface area is 151 Å². The molecule has 0 spiro atoms. The minimum Gasteiger partial charge on any atom is -0.383 e. The van der Waals surface area contributed by atoms with Crippen LogP contribution in [-0.4, -0.2) is 43.8 Å². The molecule has 0 bridgehead atoms. The van der Waals surface area contributed by atoms with Gasteiger partial charge in [0.15, 0.2) is 0 Å². The van der Waals surface area contributed by atoms with Crippen molar-refractivity contribution >= 4 is 21.8 Å². The average molecular weight is 394 g/mol. The molecule has 5 nitrogen and oxygen atoms in total. The highest BCUT2D eigenvalue weighted by Gasteiger charge is 2.16. The normalized spacial score (nSPS) is 10.8. The van der Waals surface area contributed by atoms with E-state index in [9.17, 15) is 4.79 Å². The van der Waals surface area contributed by atoms with E-state index in [1.54, 1.807) is 7.11 Å². The Bertz CT molecular complexity index is 680. The molecule has 0 saturated heterocycles. The van der Waals surface area contributed by atoms with Crippen LogP contribution in [0.4, 0.5) is 0 Å². The second-order valence-electron chi connectivity index (χ2n) is 5.60. The molecule has 24 heavy (non-hydrogen) atoms. The Morgan fingerprint density at radius 1 is 1.17 bits per heavy atom. The van der Waals surface area contributed by atoms with Crippen molar-refractivity contribution in [3.8, 4) is 5.69 Å². The summed E-state index contributed by atoms with van der Waals surface area (Å²) in [7, 11) is 1.67. The lowest BCUT2D eigenvalue weighted by Crippen LogP contribution is -2.33. The van der Waals surface area contributed by atoms with Crippen molar-refractivity contribution in [3.05, 3.63) is 51.8 Å². The van der Waals surface area contributed by atoms with Crippen LogP contribution in [0.3, 0.4) is 0 Å². The van der Waals surface area contributed by atoms with Gasteiger partial charge in [0.2, 0.25) is 0 Å². The van der Waals surface area contributed by atoms with Crippen molar-refractivity contribution in [2.45, 2.75) is 13.8 Å². The molecule has 1 amide bonds. The van der Waals surface area contributed by atoms with Crippen LogP contribution < -0.4 is 10.6 Å². The molecule has 130 valence electrons. The van der Waals surface area contributed by atoms with Gasteiger partial charge in [0.05, 0.1) is 12.2 Å². The molecule has 2 aromatic rings. The van der Waals surface area contributed by atoms with Crippen molar-refractivity contribution in [3.63, 3.8) is 0 Å². The number of hydrogen-bond donors (Lipinski definition) is 2. The molecule has 1 aromatic heterocycles. The first kappa shape index (κ1) is 18.7. The van der Waals surface area contributed by atoms with Crippen molar-refractivity contribution in [1.82, 2.24) is 15.2 Å². The quantitative estimate of drug-likeness (QED) is 0.677. The minimum absolute atomic E-state index is 0.0417. The number of amides is 1. The lowest BCUT2D eigenvalue weighted by molar-refractivity contribution is 0.0953. The van der Waals surface area contributed by atoms with E-state index in [4.69, 9.17) is 4.74 Å². The fraction of sp³-hybridized carbons (Fsp3) is 0.389. The van der Waals surface area contributed by atoms with Gasteiger partial charge in [0, 0.05) is 48.3 Å². The van der Waals surface area contributed by atoms with Crippen molar-refractivity contribution in [2.75, 3.05) is 33.4 Å². The summed E-state index contributed by atoms with van der Waals surface area (Å²) < 4.78 is 8.09. The fourth-order valence-corrected chi connectivity index (χ4v) is 2.90. The molecule has 0 unspecified atom stereocenters. The molecule has 2 rings (SSSR count). The van der Waals surface area contributed by atoms with Gasteiger partial charge in [-0.15, -0.1) is 0 Å². The van der Waals surface area contributed by atoms with Gasteiger partial charge >= 0.3 is 0 Å². The summed E-state index contributed by atoms with van der Waals surface area (Å²) in [6.45, 7) is 6.75.